The van der Waals surface area contributed by atoms with E-state index < -0.39 is 12.0 Å². The molecule has 4 rings (SSSR count). The van der Waals surface area contributed by atoms with Crippen molar-refractivity contribution < 1.29 is 14.3 Å². The topological polar surface area (TPSA) is 69.9 Å². The molecule has 1 unspecified atom stereocenters. The lowest BCUT2D eigenvalue weighted by molar-refractivity contribution is -0.139. The molecule has 2 heterocycles. The number of halogens is 1. The van der Waals surface area contributed by atoms with Crippen molar-refractivity contribution in [3.63, 3.8) is 0 Å². The highest BCUT2D eigenvalue weighted by Crippen LogP contribution is 2.30. The summed E-state index contributed by atoms with van der Waals surface area (Å²) in [5.74, 6) is 0.224. The molecule has 2 aromatic carbocycles. The van der Waals surface area contributed by atoms with Gasteiger partial charge in [-0.25, -0.2) is 9.79 Å². The third-order valence-corrected chi connectivity index (χ3v) is 6.83. The molecule has 0 aliphatic carbocycles. The molecule has 6 nitrogen and oxygen atoms in total. The van der Waals surface area contributed by atoms with Crippen LogP contribution in [0.1, 0.15) is 31.0 Å². The van der Waals surface area contributed by atoms with Crippen LogP contribution >= 0.6 is 27.3 Å². The molecule has 0 radical (unpaired) electrons. The number of esters is 1. The van der Waals surface area contributed by atoms with Gasteiger partial charge in [-0.05, 0) is 49.2 Å². The Kier molecular flexibility index (Phi) is 6.43. The Morgan fingerprint density at radius 2 is 2.00 bits per heavy atom. The Labute approximate surface area is 197 Å². The zero-order valence-electron chi connectivity index (χ0n) is 17.8. The molecule has 0 saturated carbocycles. The lowest BCUT2D eigenvalue weighted by Gasteiger charge is -2.24. The Morgan fingerprint density at radius 1 is 1.25 bits per heavy atom. The van der Waals surface area contributed by atoms with Crippen molar-refractivity contribution in [1.29, 1.82) is 0 Å². The standard InChI is InChI=1S/C24H21BrN2O4S/c1-4-31-23(29)20-14(2)26-24-27(21(20)15-8-6-5-7-9-15)22(28)19(32-24)13-16-12-17(30-3)10-11-18(16)25/h5-13,21H,4H2,1-3H3. The molecule has 0 saturated heterocycles. The number of benzene rings is 2. The van der Waals surface area contributed by atoms with Gasteiger partial charge in [-0.15, -0.1) is 0 Å². The van der Waals surface area contributed by atoms with Crippen LogP contribution in [0.4, 0.5) is 0 Å². The number of carbonyl (C=O) groups excluding carboxylic acids is 1. The summed E-state index contributed by atoms with van der Waals surface area (Å²) in [4.78, 5) is 31.5. The molecule has 0 fully saturated rings. The van der Waals surface area contributed by atoms with Gasteiger partial charge in [0.05, 0.1) is 35.6 Å². The fourth-order valence-electron chi connectivity index (χ4n) is 3.64. The highest BCUT2D eigenvalue weighted by molar-refractivity contribution is 9.10. The van der Waals surface area contributed by atoms with E-state index in [1.807, 2.05) is 54.6 Å². The molecule has 0 spiro atoms. The lowest BCUT2D eigenvalue weighted by Crippen LogP contribution is -2.39. The van der Waals surface area contributed by atoms with Gasteiger partial charge in [0.2, 0.25) is 0 Å². The normalized spacial score (nSPS) is 15.9. The quantitative estimate of drug-likeness (QED) is 0.490. The average Bonchev–Trinajstić information content (AvgIpc) is 3.09. The maximum absolute atomic E-state index is 13.6. The maximum Gasteiger partial charge on any atom is 0.338 e. The predicted molar refractivity (Wildman–Crippen MR) is 128 cm³/mol. The second-order valence-corrected chi connectivity index (χ2v) is 8.96. The average molecular weight is 513 g/mol. The van der Waals surface area contributed by atoms with Crippen LogP contribution in [0.5, 0.6) is 5.75 Å². The van der Waals surface area contributed by atoms with Gasteiger partial charge in [-0.2, -0.15) is 0 Å². The van der Waals surface area contributed by atoms with Crippen LogP contribution < -0.4 is 19.6 Å². The predicted octanol–water partition coefficient (Wildman–Crippen LogP) is 3.57. The van der Waals surface area contributed by atoms with E-state index in [9.17, 15) is 9.59 Å². The second-order valence-electron chi connectivity index (χ2n) is 7.10. The van der Waals surface area contributed by atoms with Crippen molar-refractivity contribution >= 4 is 39.3 Å². The number of ether oxygens (including phenoxy) is 2. The Hall–Kier alpha value is -2.97. The lowest BCUT2D eigenvalue weighted by atomic mass is 9.96. The summed E-state index contributed by atoms with van der Waals surface area (Å²) in [6, 6.07) is 14.4. The third-order valence-electron chi connectivity index (χ3n) is 5.12. The van der Waals surface area contributed by atoms with Crippen molar-refractivity contribution in [2.45, 2.75) is 19.9 Å². The number of rotatable bonds is 5. The van der Waals surface area contributed by atoms with Gasteiger partial charge in [0.1, 0.15) is 5.75 Å². The van der Waals surface area contributed by atoms with Crippen LogP contribution in [0, 0.1) is 0 Å². The molecule has 164 valence electrons. The summed E-state index contributed by atoms with van der Waals surface area (Å²) >= 11 is 4.82. The van der Waals surface area contributed by atoms with E-state index in [2.05, 4.69) is 20.9 Å². The van der Waals surface area contributed by atoms with E-state index >= 15 is 0 Å². The molecule has 0 amide bonds. The molecule has 32 heavy (non-hydrogen) atoms. The molecule has 3 aromatic rings. The van der Waals surface area contributed by atoms with Gasteiger partial charge >= 0.3 is 5.97 Å². The summed E-state index contributed by atoms with van der Waals surface area (Å²) in [5.41, 5.74) is 2.34. The zero-order chi connectivity index (χ0) is 22.8. The van der Waals surface area contributed by atoms with Gasteiger partial charge in [-0.3, -0.25) is 9.36 Å². The number of aromatic nitrogens is 1. The number of hydrogen-bond donors (Lipinski definition) is 0. The summed E-state index contributed by atoms with van der Waals surface area (Å²) in [6.07, 6.45) is 1.81. The van der Waals surface area contributed by atoms with Gasteiger partial charge in [-0.1, -0.05) is 57.6 Å². The summed E-state index contributed by atoms with van der Waals surface area (Å²) in [5, 5.41) is 0. The molecule has 1 atom stereocenters. The first-order valence-corrected chi connectivity index (χ1v) is 11.6. The third kappa shape index (κ3) is 4.08. The van der Waals surface area contributed by atoms with Crippen molar-refractivity contribution in [3.05, 3.63) is 95.1 Å². The summed E-state index contributed by atoms with van der Waals surface area (Å²) in [6.45, 7) is 3.77. The Balaban J connectivity index is 1.96. The number of carbonyl (C=O) groups is 1. The fraction of sp³-hybridized carbons (Fsp3) is 0.208. The van der Waals surface area contributed by atoms with Crippen molar-refractivity contribution in [2.24, 2.45) is 4.99 Å². The van der Waals surface area contributed by atoms with Crippen LogP contribution in [-0.4, -0.2) is 24.3 Å². The number of methoxy groups -OCH3 is 1. The van der Waals surface area contributed by atoms with Gasteiger partial charge in [0.15, 0.2) is 4.80 Å². The highest BCUT2D eigenvalue weighted by Gasteiger charge is 2.33. The minimum Gasteiger partial charge on any atom is -0.497 e. The molecule has 1 aromatic heterocycles. The highest BCUT2D eigenvalue weighted by atomic mass is 79.9. The van der Waals surface area contributed by atoms with Crippen LogP contribution in [0.2, 0.25) is 0 Å². The number of hydrogen-bond acceptors (Lipinski definition) is 6. The maximum atomic E-state index is 13.6. The van der Waals surface area contributed by atoms with Crippen molar-refractivity contribution in [3.8, 4) is 5.75 Å². The summed E-state index contributed by atoms with van der Waals surface area (Å²) in [7, 11) is 1.60. The van der Waals surface area contributed by atoms with E-state index in [4.69, 9.17) is 9.47 Å². The van der Waals surface area contributed by atoms with E-state index in [0.717, 1.165) is 15.6 Å². The van der Waals surface area contributed by atoms with Gasteiger partial charge in [0.25, 0.3) is 5.56 Å². The largest absolute Gasteiger partial charge is 0.497 e. The first-order chi connectivity index (χ1) is 15.4. The molecular weight excluding hydrogens is 492 g/mol. The SMILES string of the molecule is CCOC(=O)C1=C(C)N=c2sc(=Cc3cc(OC)ccc3Br)c(=O)n2C1c1ccccc1. The van der Waals surface area contributed by atoms with Crippen LogP contribution in [-0.2, 0) is 9.53 Å². The van der Waals surface area contributed by atoms with Crippen LogP contribution in [0.3, 0.4) is 0 Å². The zero-order valence-corrected chi connectivity index (χ0v) is 20.2. The second kappa shape index (κ2) is 9.26. The van der Waals surface area contributed by atoms with Gasteiger partial charge in [0, 0.05) is 4.47 Å². The molecular formula is C24H21BrN2O4S. The minimum atomic E-state index is -0.609. The first-order valence-electron chi connectivity index (χ1n) is 10.0. The van der Waals surface area contributed by atoms with E-state index in [0.29, 0.717) is 26.4 Å². The monoisotopic (exact) mass is 512 g/mol. The van der Waals surface area contributed by atoms with E-state index in [1.54, 1.807) is 25.5 Å². The van der Waals surface area contributed by atoms with Gasteiger partial charge < -0.3 is 9.47 Å². The number of fused-ring (bicyclic) bond motifs is 1. The van der Waals surface area contributed by atoms with E-state index in [-0.39, 0.29) is 12.2 Å². The smallest absolute Gasteiger partial charge is 0.338 e. The Morgan fingerprint density at radius 3 is 2.69 bits per heavy atom. The fourth-order valence-corrected chi connectivity index (χ4v) is 5.04. The molecule has 8 heteroatoms. The van der Waals surface area contributed by atoms with Crippen LogP contribution in [0.25, 0.3) is 6.08 Å². The number of allylic oxidation sites excluding steroid dienone is 1. The van der Waals surface area contributed by atoms with Crippen molar-refractivity contribution in [1.82, 2.24) is 4.57 Å². The Bertz CT molecular complexity index is 1390. The minimum absolute atomic E-state index is 0.216. The molecule has 1 aliphatic heterocycles. The summed E-state index contributed by atoms with van der Waals surface area (Å²) < 4.78 is 13.6. The first kappa shape index (κ1) is 22.2. The van der Waals surface area contributed by atoms with E-state index in [1.165, 1.54) is 11.3 Å². The van der Waals surface area contributed by atoms with Crippen LogP contribution in [0.15, 0.2) is 74.1 Å². The molecule has 0 N–H and O–H groups in total. The number of thiazole rings is 1. The molecule has 0 bridgehead atoms. The number of nitrogens with zero attached hydrogens (tertiary/aromatic N) is 2. The van der Waals surface area contributed by atoms with Crippen molar-refractivity contribution in [2.75, 3.05) is 13.7 Å². The molecule has 1 aliphatic rings.